The molecule has 0 unspecified atom stereocenters. The van der Waals surface area contributed by atoms with Crippen LogP contribution in [0.25, 0.3) is 11.3 Å². The number of nitrogens with zero attached hydrogens (tertiary/aromatic N) is 3. The molecule has 3 aromatic rings. The van der Waals surface area contributed by atoms with Crippen molar-refractivity contribution in [1.29, 1.82) is 0 Å². The van der Waals surface area contributed by atoms with E-state index in [-0.39, 0.29) is 11.7 Å². The van der Waals surface area contributed by atoms with Crippen LogP contribution in [-0.4, -0.2) is 56.1 Å². The first-order chi connectivity index (χ1) is 15.4. The Balaban J connectivity index is 1.94. The number of hydrogen-bond acceptors (Lipinski definition) is 6. The van der Waals surface area contributed by atoms with Crippen molar-refractivity contribution in [3.63, 3.8) is 0 Å². The summed E-state index contributed by atoms with van der Waals surface area (Å²) >= 11 is 1.45. The van der Waals surface area contributed by atoms with Crippen molar-refractivity contribution in [2.45, 2.75) is 19.4 Å². The van der Waals surface area contributed by atoms with Gasteiger partial charge >= 0.3 is 0 Å². The predicted molar refractivity (Wildman–Crippen MR) is 128 cm³/mol. The Bertz CT molecular complexity index is 1010. The van der Waals surface area contributed by atoms with Gasteiger partial charge in [-0.1, -0.05) is 6.92 Å². The van der Waals surface area contributed by atoms with Crippen molar-refractivity contribution in [3.05, 3.63) is 59.7 Å². The van der Waals surface area contributed by atoms with Crippen LogP contribution in [0.15, 0.2) is 53.9 Å². The molecule has 1 amide bonds. The number of anilines is 2. The maximum Gasteiger partial charge on any atom is 0.243 e. The molecule has 6 nitrogen and oxygen atoms in total. The number of thiazole rings is 1. The summed E-state index contributed by atoms with van der Waals surface area (Å²) in [7, 11) is 5.56. The van der Waals surface area contributed by atoms with Gasteiger partial charge in [0.2, 0.25) is 5.91 Å². The minimum Gasteiger partial charge on any atom is -0.497 e. The molecule has 0 aliphatic carbocycles. The zero-order chi connectivity index (χ0) is 23.1. The van der Waals surface area contributed by atoms with Crippen molar-refractivity contribution < 1.29 is 13.9 Å². The Kier molecular flexibility index (Phi) is 8.19. The standard InChI is InChI=1S/C24H29FN4O2S/c1-5-22(23(30)26-14-15-28(2)3)29(19-10-12-20(31-4)13-11-19)24-27-21(16-32-24)17-6-8-18(25)9-7-17/h6-13,16,22H,5,14-15H2,1-4H3,(H,26,30)/t22-/m0/s1. The second-order valence-electron chi connectivity index (χ2n) is 7.61. The monoisotopic (exact) mass is 456 g/mol. The first-order valence-electron chi connectivity index (χ1n) is 10.5. The van der Waals surface area contributed by atoms with E-state index in [2.05, 4.69) is 5.32 Å². The van der Waals surface area contributed by atoms with E-state index in [0.29, 0.717) is 18.1 Å². The summed E-state index contributed by atoms with van der Waals surface area (Å²) in [5.41, 5.74) is 2.42. The van der Waals surface area contributed by atoms with Crippen LogP contribution in [-0.2, 0) is 4.79 Å². The lowest BCUT2D eigenvalue weighted by Gasteiger charge is -2.30. The van der Waals surface area contributed by atoms with Crippen LogP contribution < -0.4 is 15.0 Å². The summed E-state index contributed by atoms with van der Waals surface area (Å²) in [5.74, 6) is 0.400. The van der Waals surface area contributed by atoms with Gasteiger partial charge in [-0.25, -0.2) is 9.37 Å². The SMILES string of the molecule is CC[C@@H](C(=O)NCCN(C)C)N(c1ccc(OC)cc1)c1nc(-c2ccc(F)cc2)cs1. The predicted octanol–water partition coefficient (Wildman–Crippen LogP) is 4.55. The summed E-state index contributed by atoms with van der Waals surface area (Å²) in [6.45, 7) is 3.31. The minimum atomic E-state index is -0.433. The van der Waals surface area contributed by atoms with E-state index in [1.165, 1.54) is 23.5 Å². The Morgan fingerprint density at radius 2 is 1.84 bits per heavy atom. The van der Waals surface area contributed by atoms with Crippen molar-refractivity contribution >= 4 is 28.1 Å². The molecule has 170 valence electrons. The maximum absolute atomic E-state index is 13.3. The van der Waals surface area contributed by atoms with Gasteiger partial charge in [-0.15, -0.1) is 11.3 Å². The minimum absolute atomic E-state index is 0.0521. The van der Waals surface area contributed by atoms with Crippen molar-refractivity contribution in [2.24, 2.45) is 0 Å². The lowest BCUT2D eigenvalue weighted by molar-refractivity contribution is -0.122. The van der Waals surface area contributed by atoms with E-state index in [1.54, 1.807) is 19.2 Å². The molecular weight excluding hydrogens is 427 g/mol. The molecular formula is C24H29FN4O2S. The van der Waals surface area contributed by atoms with Crippen LogP contribution in [0.3, 0.4) is 0 Å². The Hall–Kier alpha value is -2.97. The highest BCUT2D eigenvalue weighted by Crippen LogP contribution is 2.35. The third-order valence-corrected chi connectivity index (χ3v) is 5.89. The van der Waals surface area contributed by atoms with Crippen LogP contribution >= 0.6 is 11.3 Å². The van der Waals surface area contributed by atoms with E-state index in [9.17, 15) is 9.18 Å². The largest absolute Gasteiger partial charge is 0.497 e. The number of halogens is 1. The fraction of sp³-hybridized carbons (Fsp3) is 0.333. The lowest BCUT2D eigenvalue weighted by Crippen LogP contribution is -2.46. The fourth-order valence-electron chi connectivity index (χ4n) is 3.30. The summed E-state index contributed by atoms with van der Waals surface area (Å²) in [6.07, 6.45) is 0.602. The van der Waals surface area contributed by atoms with Crippen LogP contribution in [0.4, 0.5) is 15.2 Å². The first-order valence-corrected chi connectivity index (χ1v) is 11.4. The number of rotatable bonds is 10. The van der Waals surface area contributed by atoms with Crippen molar-refractivity contribution in [1.82, 2.24) is 15.2 Å². The Labute approximate surface area is 192 Å². The van der Waals surface area contributed by atoms with Gasteiger partial charge in [0.15, 0.2) is 5.13 Å². The normalized spacial score (nSPS) is 11.9. The van der Waals surface area contributed by atoms with E-state index in [4.69, 9.17) is 9.72 Å². The number of carbonyl (C=O) groups excluding carboxylic acids is 1. The molecule has 2 aromatic carbocycles. The molecule has 1 heterocycles. The van der Waals surface area contributed by atoms with E-state index >= 15 is 0 Å². The third kappa shape index (κ3) is 5.83. The van der Waals surface area contributed by atoms with Crippen molar-refractivity contribution in [2.75, 3.05) is 39.2 Å². The number of likely N-dealkylation sites (N-methyl/N-ethyl adjacent to an activating group) is 1. The molecule has 0 bridgehead atoms. The smallest absolute Gasteiger partial charge is 0.243 e. The highest BCUT2D eigenvalue weighted by molar-refractivity contribution is 7.14. The molecule has 32 heavy (non-hydrogen) atoms. The van der Waals surface area contributed by atoms with E-state index in [0.717, 1.165) is 29.2 Å². The van der Waals surface area contributed by atoms with Gasteiger partial charge in [-0.05, 0) is 69.0 Å². The lowest BCUT2D eigenvalue weighted by atomic mass is 10.1. The number of carbonyl (C=O) groups is 1. The van der Waals surface area contributed by atoms with Gasteiger partial charge in [-0.3, -0.25) is 4.79 Å². The molecule has 1 atom stereocenters. The van der Waals surface area contributed by atoms with Crippen LogP contribution in [0.1, 0.15) is 13.3 Å². The number of nitrogens with one attached hydrogen (secondary N) is 1. The zero-order valence-corrected chi connectivity index (χ0v) is 19.7. The van der Waals surface area contributed by atoms with E-state index in [1.807, 2.05) is 60.5 Å². The molecule has 0 saturated heterocycles. The summed E-state index contributed by atoms with van der Waals surface area (Å²) in [5, 5.41) is 5.67. The molecule has 0 saturated carbocycles. The molecule has 0 radical (unpaired) electrons. The number of ether oxygens (including phenoxy) is 1. The number of amides is 1. The van der Waals surface area contributed by atoms with Gasteiger partial charge in [0.1, 0.15) is 17.6 Å². The molecule has 0 aliphatic heterocycles. The second-order valence-corrected chi connectivity index (χ2v) is 8.45. The molecule has 3 rings (SSSR count). The second kappa shape index (κ2) is 11.1. The van der Waals surface area contributed by atoms with Crippen LogP contribution in [0.2, 0.25) is 0 Å². The Morgan fingerprint density at radius 3 is 2.44 bits per heavy atom. The maximum atomic E-state index is 13.3. The third-order valence-electron chi connectivity index (χ3n) is 5.05. The van der Waals surface area contributed by atoms with Crippen LogP contribution in [0, 0.1) is 5.82 Å². The van der Waals surface area contributed by atoms with E-state index < -0.39 is 6.04 Å². The summed E-state index contributed by atoms with van der Waals surface area (Å²) < 4.78 is 18.6. The van der Waals surface area contributed by atoms with Gasteiger partial charge in [0.05, 0.1) is 12.8 Å². The molecule has 1 aromatic heterocycles. The summed E-state index contributed by atoms with van der Waals surface area (Å²) in [6, 6.07) is 13.4. The number of methoxy groups -OCH3 is 1. The average Bonchev–Trinajstić information content (AvgIpc) is 3.27. The quantitative estimate of drug-likeness (QED) is 0.485. The Morgan fingerprint density at radius 1 is 1.16 bits per heavy atom. The van der Waals surface area contributed by atoms with Gasteiger partial charge in [0.25, 0.3) is 0 Å². The van der Waals surface area contributed by atoms with Crippen molar-refractivity contribution in [3.8, 4) is 17.0 Å². The summed E-state index contributed by atoms with van der Waals surface area (Å²) in [4.78, 5) is 21.9. The van der Waals surface area contributed by atoms with Crippen LogP contribution in [0.5, 0.6) is 5.75 Å². The average molecular weight is 457 g/mol. The number of hydrogen-bond donors (Lipinski definition) is 1. The molecule has 0 spiro atoms. The number of aromatic nitrogens is 1. The van der Waals surface area contributed by atoms with Gasteiger partial charge < -0.3 is 19.9 Å². The molecule has 1 N–H and O–H groups in total. The fourth-order valence-corrected chi connectivity index (χ4v) is 4.20. The highest BCUT2D eigenvalue weighted by Gasteiger charge is 2.28. The molecule has 8 heteroatoms. The number of benzene rings is 2. The molecule has 0 aliphatic rings. The highest BCUT2D eigenvalue weighted by atomic mass is 32.1. The zero-order valence-electron chi connectivity index (χ0n) is 18.8. The van der Waals surface area contributed by atoms with Gasteiger partial charge in [0, 0.05) is 29.7 Å². The first kappa shape index (κ1) is 23.7. The molecule has 0 fully saturated rings. The topological polar surface area (TPSA) is 57.7 Å². The van der Waals surface area contributed by atoms with Gasteiger partial charge in [-0.2, -0.15) is 0 Å².